The Bertz CT molecular complexity index is 666. The van der Waals surface area contributed by atoms with E-state index in [-0.39, 0.29) is 11.6 Å². The summed E-state index contributed by atoms with van der Waals surface area (Å²) in [7, 11) is 0. The van der Waals surface area contributed by atoms with Gasteiger partial charge in [0.15, 0.2) is 5.78 Å². The molecule has 0 aliphatic heterocycles. The van der Waals surface area contributed by atoms with Crippen LogP contribution in [0.4, 0.5) is 4.39 Å². The van der Waals surface area contributed by atoms with Crippen LogP contribution in [-0.4, -0.2) is 5.78 Å². The van der Waals surface area contributed by atoms with Crippen LogP contribution in [0, 0.1) is 17.1 Å². The molecule has 0 heterocycles. The third kappa shape index (κ3) is 3.36. The van der Waals surface area contributed by atoms with Crippen molar-refractivity contribution >= 4 is 11.9 Å². The van der Waals surface area contributed by atoms with Crippen molar-refractivity contribution in [2.45, 2.75) is 0 Å². The number of hydrogen-bond donors (Lipinski definition) is 0. The van der Waals surface area contributed by atoms with Gasteiger partial charge in [-0.3, -0.25) is 4.79 Å². The average Bonchev–Trinajstić information content (AvgIpc) is 2.45. The first-order valence-corrected chi connectivity index (χ1v) is 5.67. The van der Waals surface area contributed by atoms with Crippen molar-refractivity contribution in [3.63, 3.8) is 0 Å². The predicted molar refractivity (Wildman–Crippen MR) is 70.9 cm³/mol. The number of benzene rings is 2. The van der Waals surface area contributed by atoms with Gasteiger partial charge in [-0.25, -0.2) is 4.39 Å². The second kappa shape index (κ2) is 5.74. The molecule has 92 valence electrons. The average molecular weight is 251 g/mol. The molecule has 0 aliphatic rings. The van der Waals surface area contributed by atoms with Gasteiger partial charge in [0.1, 0.15) is 5.82 Å². The van der Waals surface area contributed by atoms with E-state index < -0.39 is 0 Å². The Kier molecular flexibility index (Phi) is 3.84. The first-order chi connectivity index (χ1) is 9.19. The molecule has 0 atom stereocenters. The number of nitrogens with zero attached hydrogens (tertiary/aromatic N) is 1. The van der Waals surface area contributed by atoms with Crippen LogP contribution in [0.2, 0.25) is 0 Å². The summed E-state index contributed by atoms with van der Waals surface area (Å²) in [6, 6.07) is 14.3. The Labute approximate surface area is 110 Å². The fourth-order valence-corrected chi connectivity index (χ4v) is 1.59. The Morgan fingerprint density at radius 1 is 1.16 bits per heavy atom. The molecule has 2 aromatic carbocycles. The molecule has 2 aromatic rings. The molecule has 0 aromatic heterocycles. The van der Waals surface area contributed by atoms with Crippen LogP contribution in [0.3, 0.4) is 0 Å². The number of nitriles is 1. The molecule has 0 N–H and O–H groups in total. The molecular formula is C16H10FNO. The van der Waals surface area contributed by atoms with Crippen molar-refractivity contribution in [1.82, 2.24) is 0 Å². The Balaban J connectivity index is 2.14. The highest BCUT2D eigenvalue weighted by atomic mass is 19.1. The zero-order valence-corrected chi connectivity index (χ0v) is 10.0. The SMILES string of the molecule is N#Cc1ccc(C(=O)C=Cc2cccc(F)c2)cc1. The van der Waals surface area contributed by atoms with Gasteiger partial charge in [0.05, 0.1) is 11.6 Å². The summed E-state index contributed by atoms with van der Waals surface area (Å²) in [6.45, 7) is 0. The molecule has 2 rings (SSSR count). The van der Waals surface area contributed by atoms with Crippen molar-refractivity contribution in [3.8, 4) is 6.07 Å². The van der Waals surface area contributed by atoms with Gasteiger partial charge in [-0.05, 0) is 48.0 Å². The third-order valence-corrected chi connectivity index (χ3v) is 2.57. The normalized spacial score (nSPS) is 10.3. The summed E-state index contributed by atoms with van der Waals surface area (Å²) in [6.07, 6.45) is 2.94. The van der Waals surface area contributed by atoms with Gasteiger partial charge in [0.2, 0.25) is 0 Å². The molecule has 0 amide bonds. The topological polar surface area (TPSA) is 40.9 Å². The van der Waals surface area contributed by atoms with Crippen molar-refractivity contribution in [3.05, 3.63) is 77.1 Å². The lowest BCUT2D eigenvalue weighted by Gasteiger charge is -1.96. The maximum atomic E-state index is 12.9. The Morgan fingerprint density at radius 3 is 2.53 bits per heavy atom. The molecule has 0 spiro atoms. The standard InChI is InChI=1S/C16H10FNO/c17-15-3-1-2-12(10-15)6-9-16(19)14-7-4-13(11-18)5-8-14/h1-10H. The molecule has 0 saturated heterocycles. The fourth-order valence-electron chi connectivity index (χ4n) is 1.59. The van der Waals surface area contributed by atoms with E-state index in [9.17, 15) is 9.18 Å². The molecular weight excluding hydrogens is 241 g/mol. The zero-order valence-electron chi connectivity index (χ0n) is 10.0. The van der Waals surface area contributed by atoms with Crippen LogP contribution >= 0.6 is 0 Å². The van der Waals surface area contributed by atoms with Gasteiger partial charge in [0, 0.05) is 5.56 Å². The molecule has 0 saturated carbocycles. The van der Waals surface area contributed by atoms with Crippen molar-refractivity contribution in [1.29, 1.82) is 5.26 Å². The van der Waals surface area contributed by atoms with Gasteiger partial charge < -0.3 is 0 Å². The van der Waals surface area contributed by atoms with E-state index in [0.717, 1.165) is 0 Å². The van der Waals surface area contributed by atoms with Gasteiger partial charge >= 0.3 is 0 Å². The molecule has 3 heteroatoms. The minimum absolute atomic E-state index is 0.186. The molecule has 19 heavy (non-hydrogen) atoms. The van der Waals surface area contributed by atoms with E-state index in [1.165, 1.54) is 18.2 Å². The zero-order chi connectivity index (χ0) is 13.7. The van der Waals surface area contributed by atoms with Crippen molar-refractivity contribution in [2.75, 3.05) is 0 Å². The van der Waals surface area contributed by atoms with Crippen LogP contribution in [0.25, 0.3) is 6.08 Å². The second-order valence-corrected chi connectivity index (χ2v) is 3.94. The van der Waals surface area contributed by atoms with E-state index >= 15 is 0 Å². The molecule has 0 bridgehead atoms. The maximum Gasteiger partial charge on any atom is 0.185 e. The summed E-state index contributed by atoms with van der Waals surface area (Å²) < 4.78 is 12.9. The molecule has 0 radical (unpaired) electrons. The molecule has 0 aliphatic carbocycles. The van der Waals surface area contributed by atoms with Gasteiger partial charge in [-0.1, -0.05) is 18.2 Å². The van der Waals surface area contributed by atoms with E-state index in [4.69, 9.17) is 5.26 Å². The maximum absolute atomic E-state index is 12.9. The predicted octanol–water partition coefficient (Wildman–Crippen LogP) is 3.59. The highest BCUT2D eigenvalue weighted by Crippen LogP contribution is 2.08. The van der Waals surface area contributed by atoms with Crippen molar-refractivity contribution in [2.24, 2.45) is 0 Å². The molecule has 0 unspecified atom stereocenters. The lowest BCUT2D eigenvalue weighted by Crippen LogP contribution is -1.93. The first-order valence-electron chi connectivity index (χ1n) is 5.67. The minimum Gasteiger partial charge on any atom is -0.289 e. The number of carbonyl (C=O) groups excluding carboxylic acids is 1. The lowest BCUT2D eigenvalue weighted by atomic mass is 10.1. The van der Waals surface area contributed by atoms with E-state index in [1.54, 1.807) is 42.5 Å². The second-order valence-electron chi connectivity index (χ2n) is 3.94. The highest BCUT2D eigenvalue weighted by Gasteiger charge is 2.01. The van der Waals surface area contributed by atoms with Crippen LogP contribution < -0.4 is 0 Å². The lowest BCUT2D eigenvalue weighted by molar-refractivity contribution is 0.104. The van der Waals surface area contributed by atoms with E-state index in [0.29, 0.717) is 16.7 Å². The molecule has 0 fully saturated rings. The van der Waals surface area contributed by atoms with Crippen LogP contribution in [0.1, 0.15) is 21.5 Å². The summed E-state index contributed by atoms with van der Waals surface area (Å²) >= 11 is 0. The largest absolute Gasteiger partial charge is 0.289 e. The quantitative estimate of drug-likeness (QED) is 0.617. The van der Waals surface area contributed by atoms with Crippen LogP contribution in [-0.2, 0) is 0 Å². The number of carbonyl (C=O) groups is 1. The molecule has 2 nitrogen and oxygen atoms in total. The number of rotatable bonds is 3. The highest BCUT2D eigenvalue weighted by molar-refractivity contribution is 6.06. The van der Waals surface area contributed by atoms with Crippen LogP contribution in [0.15, 0.2) is 54.6 Å². The monoisotopic (exact) mass is 251 g/mol. The number of ketones is 1. The minimum atomic E-state index is -0.340. The first kappa shape index (κ1) is 12.7. The van der Waals surface area contributed by atoms with Crippen LogP contribution in [0.5, 0.6) is 0 Å². The Hall–Kier alpha value is -2.73. The number of halogens is 1. The summed E-state index contributed by atoms with van der Waals surface area (Å²) in [5.74, 6) is -0.526. The van der Waals surface area contributed by atoms with Gasteiger partial charge in [0.25, 0.3) is 0 Å². The third-order valence-electron chi connectivity index (χ3n) is 2.57. The summed E-state index contributed by atoms with van der Waals surface area (Å²) in [5.41, 5.74) is 1.62. The van der Waals surface area contributed by atoms with Gasteiger partial charge in [-0.2, -0.15) is 5.26 Å². The number of hydrogen-bond acceptors (Lipinski definition) is 2. The summed E-state index contributed by atoms with van der Waals surface area (Å²) in [5, 5.41) is 8.66. The number of allylic oxidation sites excluding steroid dienone is 1. The van der Waals surface area contributed by atoms with Gasteiger partial charge in [-0.15, -0.1) is 0 Å². The van der Waals surface area contributed by atoms with E-state index in [1.807, 2.05) is 6.07 Å². The van der Waals surface area contributed by atoms with Crippen molar-refractivity contribution < 1.29 is 9.18 Å². The Morgan fingerprint density at radius 2 is 1.89 bits per heavy atom. The van der Waals surface area contributed by atoms with E-state index in [2.05, 4.69) is 0 Å². The summed E-state index contributed by atoms with van der Waals surface area (Å²) in [4.78, 5) is 11.8. The smallest absolute Gasteiger partial charge is 0.185 e. The fraction of sp³-hybridized carbons (Fsp3) is 0.